The summed E-state index contributed by atoms with van der Waals surface area (Å²) in [7, 11) is 3.97. The van der Waals surface area contributed by atoms with Gasteiger partial charge in [0.1, 0.15) is 5.01 Å². The summed E-state index contributed by atoms with van der Waals surface area (Å²) in [6.45, 7) is 5.76. The first-order valence-corrected chi connectivity index (χ1v) is 8.89. The van der Waals surface area contributed by atoms with Crippen molar-refractivity contribution < 1.29 is 4.79 Å². The molecule has 6 heteroatoms. The molecule has 0 aliphatic heterocycles. The molecule has 5 nitrogen and oxygen atoms in total. The highest BCUT2D eigenvalue weighted by molar-refractivity contribution is 7.09. The quantitative estimate of drug-likeness (QED) is 0.755. The number of nitrogens with two attached hydrogens (primary N) is 1. The molecule has 1 aromatic carbocycles. The molecule has 1 heterocycles. The average molecular weight is 347 g/mol. The van der Waals surface area contributed by atoms with Gasteiger partial charge in [0.25, 0.3) is 0 Å². The van der Waals surface area contributed by atoms with Gasteiger partial charge in [-0.15, -0.1) is 11.3 Å². The van der Waals surface area contributed by atoms with E-state index in [-0.39, 0.29) is 11.3 Å². The van der Waals surface area contributed by atoms with E-state index in [1.54, 1.807) is 11.3 Å². The van der Waals surface area contributed by atoms with E-state index in [1.807, 2.05) is 48.6 Å². The van der Waals surface area contributed by atoms with Crippen LogP contribution in [0.1, 0.15) is 30.1 Å². The van der Waals surface area contributed by atoms with Gasteiger partial charge in [-0.2, -0.15) is 0 Å². The van der Waals surface area contributed by atoms with Gasteiger partial charge in [0.15, 0.2) is 0 Å². The zero-order chi connectivity index (χ0) is 17.7. The zero-order valence-electron chi connectivity index (χ0n) is 14.8. The first-order chi connectivity index (χ1) is 11.3. The normalized spacial score (nSPS) is 11.7. The highest BCUT2D eigenvalue weighted by Gasteiger charge is 2.26. The number of aromatic nitrogens is 1. The Morgan fingerprint density at radius 2 is 1.96 bits per heavy atom. The van der Waals surface area contributed by atoms with Crippen molar-refractivity contribution in [1.29, 1.82) is 0 Å². The van der Waals surface area contributed by atoms with Gasteiger partial charge in [-0.1, -0.05) is 12.1 Å². The summed E-state index contributed by atoms with van der Waals surface area (Å²) in [6, 6.07) is 7.88. The van der Waals surface area contributed by atoms with E-state index in [0.717, 1.165) is 28.5 Å². The molecule has 0 aliphatic carbocycles. The van der Waals surface area contributed by atoms with Crippen LogP contribution in [0.2, 0.25) is 0 Å². The predicted molar refractivity (Wildman–Crippen MR) is 100 cm³/mol. The molecular formula is C18H26N4OS. The summed E-state index contributed by atoms with van der Waals surface area (Å²) in [5, 5.41) is 5.89. The number of carbonyl (C=O) groups is 1. The molecule has 0 aliphatic rings. The van der Waals surface area contributed by atoms with Gasteiger partial charge in [-0.05, 0) is 45.6 Å². The van der Waals surface area contributed by atoms with E-state index in [9.17, 15) is 4.79 Å². The molecule has 130 valence electrons. The Kier molecular flexibility index (Phi) is 5.96. The van der Waals surface area contributed by atoms with E-state index in [2.05, 4.69) is 24.1 Å². The van der Waals surface area contributed by atoms with Crippen LogP contribution in [-0.2, 0) is 16.6 Å². The summed E-state index contributed by atoms with van der Waals surface area (Å²) in [5.41, 5.74) is 8.29. The van der Waals surface area contributed by atoms with Gasteiger partial charge < -0.3 is 16.0 Å². The third kappa shape index (κ3) is 4.79. The van der Waals surface area contributed by atoms with E-state index in [0.29, 0.717) is 13.0 Å². The number of nitrogens with zero attached hydrogens (tertiary/aromatic N) is 2. The van der Waals surface area contributed by atoms with Crippen LogP contribution in [0.15, 0.2) is 29.6 Å². The van der Waals surface area contributed by atoms with Crippen molar-refractivity contribution in [3.8, 4) is 0 Å². The van der Waals surface area contributed by atoms with Crippen molar-refractivity contribution in [2.24, 2.45) is 0 Å². The number of amides is 1. The first-order valence-electron chi connectivity index (χ1n) is 8.01. The lowest BCUT2D eigenvalue weighted by atomic mass is 9.85. The Bertz CT molecular complexity index is 677. The fraction of sp³-hybridized carbons (Fsp3) is 0.444. The standard InChI is InChI=1S/C18H26N4OS/c1-18(2,13-5-7-14(19)8-6-13)17-21-15(12-24-17)11-16(23)20-9-10-22(3)4/h5-8,12H,9-11,19H2,1-4H3,(H,20,23). The highest BCUT2D eigenvalue weighted by atomic mass is 32.1. The van der Waals surface area contributed by atoms with E-state index in [1.165, 1.54) is 0 Å². The van der Waals surface area contributed by atoms with Gasteiger partial charge in [-0.3, -0.25) is 4.79 Å². The van der Waals surface area contributed by atoms with Crippen LogP contribution in [0.5, 0.6) is 0 Å². The number of thiazole rings is 1. The summed E-state index contributed by atoms with van der Waals surface area (Å²) < 4.78 is 0. The smallest absolute Gasteiger partial charge is 0.226 e. The summed E-state index contributed by atoms with van der Waals surface area (Å²) in [4.78, 5) is 18.7. The number of rotatable bonds is 7. The highest BCUT2D eigenvalue weighted by Crippen LogP contribution is 2.33. The maximum Gasteiger partial charge on any atom is 0.226 e. The fourth-order valence-electron chi connectivity index (χ4n) is 2.34. The molecule has 1 amide bonds. The number of carbonyl (C=O) groups excluding carboxylic acids is 1. The summed E-state index contributed by atoms with van der Waals surface area (Å²) in [5.74, 6) is 0.0130. The third-order valence-electron chi connectivity index (χ3n) is 3.94. The van der Waals surface area contributed by atoms with Crippen molar-refractivity contribution in [1.82, 2.24) is 15.2 Å². The first kappa shape index (κ1) is 18.4. The average Bonchev–Trinajstić information content (AvgIpc) is 2.96. The van der Waals surface area contributed by atoms with Gasteiger partial charge in [-0.25, -0.2) is 4.98 Å². The van der Waals surface area contributed by atoms with Crippen molar-refractivity contribution in [3.63, 3.8) is 0 Å². The Labute approximate surface area is 147 Å². The van der Waals surface area contributed by atoms with Crippen LogP contribution >= 0.6 is 11.3 Å². The molecule has 1 aromatic heterocycles. The van der Waals surface area contributed by atoms with Crippen LogP contribution < -0.4 is 11.1 Å². The Balaban J connectivity index is 2.01. The zero-order valence-corrected chi connectivity index (χ0v) is 15.6. The molecule has 0 radical (unpaired) electrons. The van der Waals surface area contributed by atoms with Crippen molar-refractivity contribution in [2.75, 3.05) is 32.9 Å². The SMILES string of the molecule is CN(C)CCNC(=O)Cc1csc(C(C)(C)c2ccc(N)cc2)n1. The number of nitrogens with one attached hydrogen (secondary N) is 1. The van der Waals surface area contributed by atoms with Crippen LogP contribution in [0, 0.1) is 0 Å². The number of anilines is 1. The lowest BCUT2D eigenvalue weighted by molar-refractivity contribution is -0.120. The number of likely N-dealkylation sites (N-methyl/N-ethyl adjacent to an activating group) is 1. The Morgan fingerprint density at radius 3 is 2.58 bits per heavy atom. The van der Waals surface area contributed by atoms with Crippen LogP contribution in [0.4, 0.5) is 5.69 Å². The minimum absolute atomic E-state index is 0.0130. The molecular weight excluding hydrogens is 320 g/mol. The minimum atomic E-state index is -0.210. The van der Waals surface area contributed by atoms with Gasteiger partial charge in [0.2, 0.25) is 5.91 Å². The fourth-order valence-corrected chi connectivity index (χ4v) is 3.31. The van der Waals surface area contributed by atoms with Gasteiger partial charge >= 0.3 is 0 Å². The monoisotopic (exact) mass is 346 g/mol. The Morgan fingerprint density at radius 1 is 1.29 bits per heavy atom. The topological polar surface area (TPSA) is 71.2 Å². The van der Waals surface area contributed by atoms with Crippen molar-refractivity contribution in [2.45, 2.75) is 25.7 Å². The van der Waals surface area contributed by atoms with Crippen LogP contribution in [0.25, 0.3) is 0 Å². The summed E-state index contributed by atoms with van der Waals surface area (Å²) in [6.07, 6.45) is 0.321. The Hall–Kier alpha value is -1.92. The summed E-state index contributed by atoms with van der Waals surface area (Å²) >= 11 is 1.60. The van der Waals surface area contributed by atoms with E-state index < -0.39 is 0 Å². The lowest BCUT2D eigenvalue weighted by Crippen LogP contribution is -2.32. The van der Waals surface area contributed by atoms with E-state index >= 15 is 0 Å². The molecule has 0 unspecified atom stereocenters. The molecule has 3 N–H and O–H groups in total. The van der Waals surface area contributed by atoms with Gasteiger partial charge in [0, 0.05) is 29.6 Å². The molecule has 0 fully saturated rings. The molecule has 0 atom stereocenters. The molecule has 24 heavy (non-hydrogen) atoms. The molecule has 2 aromatic rings. The van der Waals surface area contributed by atoms with Crippen LogP contribution in [-0.4, -0.2) is 43.0 Å². The number of benzene rings is 1. The minimum Gasteiger partial charge on any atom is -0.399 e. The molecule has 0 saturated heterocycles. The number of hydrogen-bond acceptors (Lipinski definition) is 5. The lowest BCUT2D eigenvalue weighted by Gasteiger charge is -2.22. The maximum atomic E-state index is 12.0. The van der Waals surface area contributed by atoms with Crippen LogP contribution in [0.3, 0.4) is 0 Å². The van der Waals surface area contributed by atoms with Gasteiger partial charge in [0.05, 0.1) is 12.1 Å². The molecule has 2 rings (SSSR count). The maximum absolute atomic E-state index is 12.0. The second kappa shape index (κ2) is 7.77. The number of nitrogen functional groups attached to an aromatic ring is 1. The van der Waals surface area contributed by atoms with Crippen molar-refractivity contribution >= 4 is 22.9 Å². The molecule has 0 bridgehead atoms. The molecule has 0 saturated carbocycles. The molecule has 0 spiro atoms. The van der Waals surface area contributed by atoms with E-state index in [4.69, 9.17) is 5.73 Å². The predicted octanol–water partition coefficient (Wildman–Crippen LogP) is 2.27. The largest absolute Gasteiger partial charge is 0.399 e. The second-order valence-corrected chi connectivity index (χ2v) is 7.58. The van der Waals surface area contributed by atoms with Crippen molar-refractivity contribution in [3.05, 3.63) is 45.9 Å². The second-order valence-electron chi connectivity index (χ2n) is 6.72. The number of hydrogen-bond donors (Lipinski definition) is 2. The third-order valence-corrected chi connectivity index (χ3v) is 5.16.